The summed E-state index contributed by atoms with van der Waals surface area (Å²) in [5, 5.41) is 5.01. The zero-order valence-corrected chi connectivity index (χ0v) is 21.6. The van der Waals surface area contributed by atoms with E-state index in [1.807, 2.05) is 6.08 Å². The van der Waals surface area contributed by atoms with Gasteiger partial charge in [0.2, 0.25) is 11.8 Å². The predicted octanol–water partition coefficient (Wildman–Crippen LogP) is 4.33. The van der Waals surface area contributed by atoms with Gasteiger partial charge < -0.3 is 15.4 Å². The normalized spacial score (nSPS) is 19.9. The highest BCUT2D eigenvalue weighted by molar-refractivity contribution is 7.15. The highest BCUT2D eigenvalue weighted by atomic mass is 32.1. The van der Waals surface area contributed by atoms with Gasteiger partial charge in [0.25, 0.3) is 0 Å². The van der Waals surface area contributed by atoms with Crippen LogP contribution in [0.1, 0.15) is 29.7 Å². The van der Waals surface area contributed by atoms with E-state index in [-0.39, 0.29) is 11.0 Å². The predicted molar refractivity (Wildman–Crippen MR) is 139 cm³/mol. The summed E-state index contributed by atoms with van der Waals surface area (Å²) in [5.74, 6) is -1.16. The van der Waals surface area contributed by atoms with Crippen molar-refractivity contribution in [2.75, 3.05) is 30.3 Å². The first-order chi connectivity index (χ1) is 18.7. The lowest BCUT2D eigenvalue weighted by molar-refractivity contribution is -0.134. The molecule has 4 heterocycles. The van der Waals surface area contributed by atoms with Crippen molar-refractivity contribution >= 4 is 34.1 Å². The molecular weight excluding hydrogens is 533 g/mol. The number of rotatable bonds is 8. The number of ether oxygens (including phenoxy) is 1. The summed E-state index contributed by atoms with van der Waals surface area (Å²) in [6.07, 6.45) is 3.80. The number of carbonyl (C=O) groups is 2. The van der Waals surface area contributed by atoms with E-state index in [1.165, 1.54) is 18.5 Å². The smallest absolute Gasteiger partial charge is 0.375 e. The zero-order chi connectivity index (χ0) is 27.6. The van der Waals surface area contributed by atoms with Gasteiger partial charge in [-0.2, -0.15) is 13.2 Å². The van der Waals surface area contributed by atoms with Crippen LogP contribution >= 0.6 is 11.3 Å². The molecule has 3 atom stereocenters. The maximum Gasteiger partial charge on any atom is 0.427 e. The molecule has 0 radical (unpaired) electrons. The number of hydrogen-bond donors (Lipinski definition) is 2. The molecule has 5 rings (SSSR count). The second-order valence-corrected chi connectivity index (χ2v) is 10.4. The molecule has 2 fully saturated rings. The number of nitrogens with zero attached hydrogens (tertiary/aromatic N) is 4. The van der Waals surface area contributed by atoms with E-state index in [1.54, 1.807) is 31.2 Å². The van der Waals surface area contributed by atoms with Crippen molar-refractivity contribution in [3.05, 3.63) is 65.4 Å². The van der Waals surface area contributed by atoms with Crippen LogP contribution in [-0.4, -0.2) is 63.5 Å². The molecule has 2 bridgehead atoms. The van der Waals surface area contributed by atoms with E-state index in [0.29, 0.717) is 58.9 Å². The molecule has 2 aliphatic heterocycles. The van der Waals surface area contributed by atoms with E-state index < -0.39 is 22.9 Å². The first-order valence-electron chi connectivity index (χ1n) is 12.2. The lowest BCUT2D eigenvalue weighted by Crippen LogP contribution is -2.36. The van der Waals surface area contributed by atoms with Crippen LogP contribution in [0.15, 0.2) is 55.0 Å². The van der Waals surface area contributed by atoms with Gasteiger partial charge in [-0.3, -0.25) is 19.5 Å². The van der Waals surface area contributed by atoms with Crippen molar-refractivity contribution in [1.82, 2.24) is 19.9 Å². The molecule has 0 saturated carbocycles. The molecule has 3 aromatic rings. The average molecular weight is 559 g/mol. The number of hydrogen-bond acceptors (Lipinski definition) is 8. The van der Waals surface area contributed by atoms with E-state index in [4.69, 9.17) is 4.74 Å². The van der Waals surface area contributed by atoms with Gasteiger partial charge in [0.05, 0.1) is 42.9 Å². The van der Waals surface area contributed by atoms with Crippen LogP contribution in [0.4, 0.5) is 24.1 Å². The van der Waals surface area contributed by atoms with Crippen LogP contribution in [0.3, 0.4) is 0 Å². The highest BCUT2D eigenvalue weighted by Gasteiger charge is 2.38. The van der Waals surface area contributed by atoms with E-state index >= 15 is 0 Å². The molecule has 9 nitrogen and oxygen atoms in total. The van der Waals surface area contributed by atoms with Crippen molar-refractivity contribution in [2.45, 2.75) is 37.6 Å². The van der Waals surface area contributed by atoms with Gasteiger partial charge in [0, 0.05) is 30.8 Å². The SMILES string of the molecule is CC(C(=O)Nc1ncc(C(F)(F)F)s1)c1cccc(-c2cnc(NC(=O)/C=C/CN3CC4CC3CO4)cn2)c1. The first kappa shape index (κ1) is 26.9. The molecule has 13 heteroatoms. The number of carbonyl (C=O) groups excluding carboxylic acids is 2. The number of thiazole rings is 1. The number of aromatic nitrogens is 3. The Morgan fingerprint density at radius 3 is 2.72 bits per heavy atom. The topological polar surface area (TPSA) is 109 Å². The Hall–Kier alpha value is -3.68. The van der Waals surface area contributed by atoms with Gasteiger partial charge >= 0.3 is 6.18 Å². The summed E-state index contributed by atoms with van der Waals surface area (Å²) in [6, 6.07) is 7.48. The Kier molecular flexibility index (Phi) is 7.73. The molecule has 1 aromatic carbocycles. The van der Waals surface area contributed by atoms with Gasteiger partial charge in [-0.1, -0.05) is 35.6 Å². The lowest BCUT2D eigenvalue weighted by atomic mass is 9.97. The summed E-state index contributed by atoms with van der Waals surface area (Å²) in [4.78, 5) is 38.6. The summed E-state index contributed by atoms with van der Waals surface area (Å²) in [6.45, 7) is 3.98. The third-order valence-corrected chi connectivity index (χ3v) is 7.57. The summed E-state index contributed by atoms with van der Waals surface area (Å²) in [5.41, 5.74) is 1.86. The number of morpholine rings is 1. The fraction of sp³-hybridized carbons (Fsp3) is 0.346. The van der Waals surface area contributed by atoms with Crippen molar-refractivity contribution in [3.63, 3.8) is 0 Å². The summed E-state index contributed by atoms with van der Waals surface area (Å²) >= 11 is 0.371. The molecule has 2 aromatic heterocycles. The van der Waals surface area contributed by atoms with Crippen molar-refractivity contribution in [1.29, 1.82) is 0 Å². The molecule has 2 saturated heterocycles. The van der Waals surface area contributed by atoms with Gasteiger partial charge in [-0.15, -0.1) is 0 Å². The number of halogens is 3. The van der Waals surface area contributed by atoms with Gasteiger partial charge in [0.15, 0.2) is 10.9 Å². The van der Waals surface area contributed by atoms with Gasteiger partial charge in [-0.05, 0) is 25.0 Å². The minimum Gasteiger partial charge on any atom is -0.375 e. The third-order valence-electron chi connectivity index (χ3n) is 6.62. The van der Waals surface area contributed by atoms with Crippen LogP contribution in [0.2, 0.25) is 0 Å². The van der Waals surface area contributed by atoms with Crippen LogP contribution in [0.25, 0.3) is 11.3 Å². The molecule has 204 valence electrons. The second-order valence-electron chi connectivity index (χ2n) is 9.34. The van der Waals surface area contributed by atoms with E-state index in [2.05, 4.69) is 30.5 Å². The van der Waals surface area contributed by atoms with Crippen LogP contribution in [0.5, 0.6) is 0 Å². The molecule has 2 N–H and O–H groups in total. The Morgan fingerprint density at radius 2 is 2.05 bits per heavy atom. The average Bonchev–Trinajstić information content (AvgIpc) is 3.66. The van der Waals surface area contributed by atoms with Gasteiger partial charge in [0.1, 0.15) is 4.88 Å². The zero-order valence-electron chi connectivity index (χ0n) is 20.8. The number of nitrogens with one attached hydrogen (secondary N) is 2. The van der Waals surface area contributed by atoms with Gasteiger partial charge in [-0.25, -0.2) is 9.97 Å². The molecule has 3 unspecified atom stereocenters. The van der Waals surface area contributed by atoms with Crippen LogP contribution < -0.4 is 10.6 Å². The highest BCUT2D eigenvalue weighted by Crippen LogP contribution is 2.35. The quantitative estimate of drug-likeness (QED) is 0.396. The third kappa shape index (κ3) is 6.49. The van der Waals surface area contributed by atoms with E-state index in [0.717, 1.165) is 19.6 Å². The minimum absolute atomic E-state index is 0.119. The van der Waals surface area contributed by atoms with Crippen molar-refractivity contribution in [3.8, 4) is 11.3 Å². The maximum atomic E-state index is 12.8. The molecular formula is C26H25F3N6O3S. The Bertz CT molecular complexity index is 1380. The van der Waals surface area contributed by atoms with Crippen molar-refractivity contribution < 1.29 is 27.5 Å². The number of likely N-dealkylation sites (tertiary alicyclic amines) is 1. The fourth-order valence-corrected chi connectivity index (χ4v) is 5.19. The first-order valence-corrected chi connectivity index (χ1v) is 13.1. The van der Waals surface area contributed by atoms with Crippen LogP contribution in [0, 0.1) is 0 Å². The molecule has 39 heavy (non-hydrogen) atoms. The number of benzene rings is 1. The van der Waals surface area contributed by atoms with E-state index in [9.17, 15) is 22.8 Å². The monoisotopic (exact) mass is 558 g/mol. The number of alkyl halides is 3. The lowest BCUT2D eigenvalue weighted by Gasteiger charge is -2.24. The number of amides is 2. The minimum atomic E-state index is -4.51. The van der Waals surface area contributed by atoms with Crippen molar-refractivity contribution in [2.24, 2.45) is 0 Å². The summed E-state index contributed by atoms with van der Waals surface area (Å²) in [7, 11) is 0. The fourth-order valence-electron chi connectivity index (χ4n) is 4.50. The number of anilines is 2. The Morgan fingerprint density at radius 1 is 1.21 bits per heavy atom. The largest absolute Gasteiger partial charge is 0.427 e. The molecule has 0 spiro atoms. The Balaban J connectivity index is 1.16. The maximum absolute atomic E-state index is 12.8. The summed E-state index contributed by atoms with van der Waals surface area (Å²) < 4.78 is 44.0. The van der Waals surface area contributed by atoms with Crippen LogP contribution in [-0.2, 0) is 20.5 Å². The Labute approximate surface area is 226 Å². The second kappa shape index (κ2) is 11.2. The standard InChI is InChI=1S/C26H25F3N6O3S/c1-15(24(37)34-25-32-11-21(39-25)26(27,28)29)16-4-2-5-17(8-16)20-10-31-22(12-30-20)33-23(36)6-3-7-35-13-19-9-18(35)14-38-19/h2-6,8,10-12,15,18-19H,7,9,13-14H2,1H3,(H,31,33,36)(H,32,34,37)/b6-3+. The number of fused-ring (bicyclic) bond motifs is 2. The molecule has 2 aliphatic rings. The molecule has 2 amide bonds. The molecule has 0 aliphatic carbocycles.